The SMILES string of the molecule is CCN(C(=O)CCC(=O)/C=C/c1cccc(Cl)c1)C1CCS(=O)(=O)CC1. The van der Waals surface area contributed by atoms with E-state index >= 15 is 0 Å². The summed E-state index contributed by atoms with van der Waals surface area (Å²) >= 11 is 5.90. The molecular formula is C19H24ClNO4S. The van der Waals surface area contributed by atoms with Crippen LogP contribution in [0, 0.1) is 0 Å². The van der Waals surface area contributed by atoms with E-state index in [4.69, 9.17) is 11.6 Å². The zero-order valence-electron chi connectivity index (χ0n) is 14.9. The van der Waals surface area contributed by atoms with Crippen molar-refractivity contribution in [2.45, 2.75) is 38.6 Å². The first-order chi connectivity index (χ1) is 12.3. The van der Waals surface area contributed by atoms with Crippen LogP contribution in [-0.2, 0) is 19.4 Å². The van der Waals surface area contributed by atoms with Gasteiger partial charge in [-0.1, -0.05) is 29.8 Å². The monoisotopic (exact) mass is 397 g/mol. The van der Waals surface area contributed by atoms with Crippen molar-refractivity contribution >= 4 is 39.2 Å². The molecule has 1 amide bonds. The Morgan fingerprint density at radius 1 is 1.23 bits per heavy atom. The largest absolute Gasteiger partial charge is 0.340 e. The molecule has 0 N–H and O–H groups in total. The highest BCUT2D eigenvalue weighted by atomic mass is 35.5. The first-order valence-electron chi connectivity index (χ1n) is 8.77. The summed E-state index contributed by atoms with van der Waals surface area (Å²) in [5.74, 6) is 0.0350. The molecule has 1 aliphatic heterocycles. The highest BCUT2D eigenvalue weighted by Crippen LogP contribution is 2.19. The Morgan fingerprint density at radius 3 is 2.54 bits per heavy atom. The van der Waals surface area contributed by atoms with Gasteiger partial charge in [0.25, 0.3) is 0 Å². The minimum absolute atomic E-state index is 0.0480. The van der Waals surface area contributed by atoms with Crippen molar-refractivity contribution in [2.75, 3.05) is 18.1 Å². The lowest BCUT2D eigenvalue weighted by Crippen LogP contribution is -2.44. The summed E-state index contributed by atoms with van der Waals surface area (Å²) in [6.45, 7) is 2.40. The third kappa shape index (κ3) is 6.25. The summed E-state index contributed by atoms with van der Waals surface area (Å²) in [6.07, 6.45) is 4.37. The molecule has 0 aliphatic carbocycles. The predicted octanol–water partition coefficient (Wildman–Crippen LogP) is 3.13. The van der Waals surface area contributed by atoms with E-state index in [-0.39, 0.29) is 42.1 Å². The van der Waals surface area contributed by atoms with Crippen LogP contribution >= 0.6 is 11.6 Å². The Hall–Kier alpha value is -1.66. The molecule has 1 aliphatic rings. The quantitative estimate of drug-likeness (QED) is 0.662. The molecule has 0 bridgehead atoms. The lowest BCUT2D eigenvalue weighted by molar-refractivity contribution is -0.134. The maximum absolute atomic E-state index is 12.4. The fourth-order valence-corrected chi connectivity index (χ4v) is 4.75. The molecule has 0 spiro atoms. The topological polar surface area (TPSA) is 71.5 Å². The van der Waals surface area contributed by atoms with Gasteiger partial charge in [-0.3, -0.25) is 9.59 Å². The third-order valence-electron chi connectivity index (χ3n) is 4.52. The Balaban J connectivity index is 1.85. The lowest BCUT2D eigenvalue weighted by Gasteiger charge is -2.33. The second kappa shape index (κ2) is 9.33. The van der Waals surface area contributed by atoms with Crippen molar-refractivity contribution < 1.29 is 18.0 Å². The maximum atomic E-state index is 12.4. The van der Waals surface area contributed by atoms with Crippen molar-refractivity contribution in [1.29, 1.82) is 0 Å². The zero-order chi connectivity index (χ0) is 19.2. The van der Waals surface area contributed by atoms with Crippen LogP contribution in [0.1, 0.15) is 38.2 Å². The van der Waals surface area contributed by atoms with Crippen molar-refractivity contribution in [3.05, 3.63) is 40.9 Å². The molecule has 1 aromatic rings. The average Bonchev–Trinajstić information content (AvgIpc) is 2.60. The molecule has 7 heteroatoms. The minimum atomic E-state index is -2.96. The number of ketones is 1. The second-order valence-electron chi connectivity index (χ2n) is 6.42. The summed E-state index contributed by atoms with van der Waals surface area (Å²) in [4.78, 5) is 26.2. The number of hydrogen-bond acceptors (Lipinski definition) is 4. The van der Waals surface area contributed by atoms with Crippen LogP contribution in [0.25, 0.3) is 6.08 Å². The van der Waals surface area contributed by atoms with E-state index in [1.165, 1.54) is 6.08 Å². The summed E-state index contributed by atoms with van der Waals surface area (Å²) in [7, 11) is -2.96. The summed E-state index contributed by atoms with van der Waals surface area (Å²) in [5, 5.41) is 0.600. The number of halogens is 1. The van der Waals surface area contributed by atoms with Crippen LogP contribution in [0.3, 0.4) is 0 Å². The van der Waals surface area contributed by atoms with Crippen molar-refractivity contribution in [3.8, 4) is 0 Å². The number of benzene rings is 1. The Morgan fingerprint density at radius 2 is 1.92 bits per heavy atom. The molecule has 0 atom stereocenters. The molecule has 2 rings (SSSR count). The second-order valence-corrected chi connectivity index (χ2v) is 9.16. The number of carbonyl (C=O) groups excluding carboxylic acids is 2. The van der Waals surface area contributed by atoms with E-state index in [0.29, 0.717) is 24.4 Å². The number of carbonyl (C=O) groups is 2. The standard InChI is InChI=1S/C19H24ClNO4S/c1-2-21(17-10-12-26(24,25)13-11-17)19(23)9-8-18(22)7-6-15-4-3-5-16(20)14-15/h3-7,14,17H,2,8-13H2,1H3/b7-6+. The first kappa shape index (κ1) is 20.6. The minimum Gasteiger partial charge on any atom is -0.340 e. The molecular weight excluding hydrogens is 374 g/mol. The van der Waals surface area contributed by atoms with Crippen LogP contribution in [0.4, 0.5) is 0 Å². The van der Waals surface area contributed by atoms with Crippen molar-refractivity contribution in [2.24, 2.45) is 0 Å². The van der Waals surface area contributed by atoms with Gasteiger partial charge in [-0.05, 0) is 43.5 Å². The normalized spacial score (nSPS) is 17.3. The van der Waals surface area contributed by atoms with Gasteiger partial charge in [-0.2, -0.15) is 0 Å². The number of nitrogens with zero attached hydrogens (tertiary/aromatic N) is 1. The van der Waals surface area contributed by atoms with Gasteiger partial charge >= 0.3 is 0 Å². The average molecular weight is 398 g/mol. The van der Waals surface area contributed by atoms with Crippen LogP contribution in [0.2, 0.25) is 5.02 Å². The van der Waals surface area contributed by atoms with Crippen molar-refractivity contribution in [3.63, 3.8) is 0 Å². The van der Waals surface area contributed by atoms with Gasteiger partial charge in [0.15, 0.2) is 5.78 Å². The fraction of sp³-hybridized carbons (Fsp3) is 0.474. The number of allylic oxidation sites excluding steroid dienone is 1. The van der Waals surface area contributed by atoms with Gasteiger partial charge in [-0.15, -0.1) is 0 Å². The molecule has 1 aromatic carbocycles. The van der Waals surface area contributed by atoms with Crippen LogP contribution in [0.15, 0.2) is 30.3 Å². The summed E-state index contributed by atoms with van der Waals surface area (Å²) in [5.41, 5.74) is 0.829. The van der Waals surface area contributed by atoms with E-state index in [0.717, 1.165) is 5.56 Å². The van der Waals surface area contributed by atoms with E-state index in [9.17, 15) is 18.0 Å². The Kier molecular flexibility index (Phi) is 7.41. The highest BCUT2D eigenvalue weighted by molar-refractivity contribution is 7.91. The van der Waals surface area contributed by atoms with Gasteiger partial charge in [0, 0.05) is 30.5 Å². The number of rotatable bonds is 7. The van der Waals surface area contributed by atoms with E-state index in [1.807, 2.05) is 13.0 Å². The molecule has 142 valence electrons. The highest BCUT2D eigenvalue weighted by Gasteiger charge is 2.29. The predicted molar refractivity (Wildman–Crippen MR) is 104 cm³/mol. The van der Waals surface area contributed by atoms with E-state index in [2.05, 4.69) is 0 Å². The Labute approximate surface area is 159 Å². The first-order valence-corrected chi connectivity index (χ1v) is 11.0. The van der Waals surface area contributed by atoms with Crippen LogP contribution < -0.4 is 0 Å². The zero-order valence-corrected chi connectivity index (χ0v) is 16.4. The van der Waals surface area contributed by atoms with Gasteiger partial charge in [0.1, 0.15) is 9.84 Å². The number of amides is 1. The van der Waals surface area contributed by atoms with Crippen LogP contribution in [0.5, 0.6) is 0 Å². The van der Waals surface area contributed by atoms with Gasteiger partial charge in [-0.25, -0.2) is 8.42 Å². The third-order valence-corrected chi connectivity index (χ3v) is 6.47. The van der Waals surface area contributed by atoms with Gasteiger partial charge < -0.3 is 4.90 Å². The van der Waals surface area contributed by atoms with Crippen LogP contribution in [-0.4, -0.2) is 49.1 Å². The summed E-state index contributed by atoms with van der Waals surface area (Å²) < 4.78 is 23.1. The molecule has 26 heavy (non-hydrogen) atoms. The smallest absolute Gasteiger partial charge is 0.223 e. The molecule has 1 saturated heterocycles. The fourth-order valence-electron chi connectivity index (χ4n) is 3.08. The number of hydrogen-bond donors (Lipinski definition) is 0. The molecule has 1 heterocycles. The molecule has 0 saturated carbocycles. The van der Waals surface area contributed by atoms with Crippen molar-refractivity contribution in [1.82, 2.24) is 4.90 Å². The molecule has 5 nitrogen and oxygen atoms in total. The maximum Gasteiger partial charge on any atom is 0.223 e. The molecule has 0 radical (unpaired) electrons. The van der Waals surface area contributed by atoms with E-state index in [1.54, 1.807) is 29.2 Å². The lowest BCUT2D eigenvalue weighted by atomic mass is 10.1. The molecule has 0 unspecified atom stereocenters. The molecule has 0 aromatic heterocycles. The van der Waals surface area contributed by atoms with Gasteiger partial charge in [0.2, 0.25) is 5.91 Å². The molecule has 1 fully saturated rings. The Bertz CT molecular complexity index is 774. The summed E-state index contributed by atoms with van der Waals surface area (Å²) in [6, 6.07) is 7.12. The number of sulfone groups is 1. The van der Waals surface area contributed by atoms with E-state index < -0.39 is 9.84 Å². The van der Waals surface area contributed by atoms with Gasteiger partial charge in [0.05, 0.1) is 11.5 Å².